The maximum atomic E-state index is 12.5. The van der Waals surface area contributed by atoms with E-state index < -0.39 is 0 Å². The quantitative estimate of drug-likeness (QED) is 0.284. The molecule has 0 bridgehead atoms. The Morgan fingerprint density at radius 1 is 1.06 bits per heavy atom. The van der Waals surface area contributed by atoms with Gasteiger partial charge in [0.05, 0.1) is 24.2 Å². The summed E-state index contributed by atoms with van der Waals surface area (Å²) in [6, 6.07) is 19.7. The molecule has 4 rings (SSSR count). The number of anilines is 1. The summed E-state index contributed by atoms with van der Waals surface area (Å²) in [4.78, 5) is 12.5. The van der Waals surface area contributed by atoms with Crippen molar-refractivity contribution >= 4 is 39.3 Å². The molecule has 0 aliphatic carbocycles. The lowest BCUT2D eigenvalue weighted by molar-refractivity contribution is -0.113. The average molecular weight is 525 g/mol. The van der Waals surface area contributed by atoms with Gasteiger partial charge in [0, 0.05) is 10.0 Å². The molecule has 4 aromatic rings. The Balaban J connectivity index is 1.56. The van der Waals surface area contributed by atoms with Gasteiger partial charge in [0.15, 0.2) is 11.0 Å². The van der Waals surface area contributed by atoms with E-state index in [2.05, 4.69) is 76.5 Å². The predicted octanol–water partition coefficient (Wildman–Crippen LogP) is 6.38. The first-order valence-corrected chi connectivity index (χ1v) is 12.3. The molecule has 0 saturated heterocycles. The van der Waals surface area contributed by atoms with Crippen LogP contribution in [0.2, 0.25) is 0 Å². The molecule has 1 amide bonds. The minimum Gasteiger partial charge on any atom is -0.467 e. The van der Waals surface area contributed by atoms with E-state index in [1.54, 1.807) is 6.26 Å². The Morgan fingerprint density at radius 2 is 1.82 bits per heavy atom. The van der Waals surface area contributed by atoms with E-state index in [-0.39, 0.29) is 17.1 Å². The second-order valence-corrected chi connectivity index (χ2v) is 10.4. The van der Waals surface area contributed by atoms with E-state index >= 15 is 0 Å². The van der Waals surface area contributed by atoms with E-state index in [0.717, 1.165) is 27.3 Å². The molecule has 2 aromatic carbocycles. The fraction of sp³-hybridized carbons (Fsp3) is 0.240. The molecule has 0 atom stereocenters. The Bertz CT molecular complexity index is 1230. The zero-order valence-corrected chi connectivity index (χ0v) is 21.1. The molecular weight excluding hydrogens is 500 g/mol. The number of carbonyl (C=O) groups is 1. The van der Waals surface area contributed by atoms with Crippen molar-refractivity contribution in [1.82, 2.24) is 14.8 Å². The molecule has 33 heavy (non-hydrogen) atoms. The average Bonchev–Trinajstić information content (AvgIpc) is 3.44. The largest absolute Gasteiger partial charge is 0.467 e. The lowest BCUT2D eigenvalue weighted by Crippen LogP contribution is -2.15. The normalized spacial score (nSPS) is 11.5. The minimum atomic E-state index is -0.115. The van der Waals surface area contributed by atoms with Crippen molar-refractivity contribution in [3.8, 4) is 11.4 Å². The predicted molar refractivity (Wildman–Crippen MR) is 135 cm³/mol. The number of hydrogen-bond donors (Lipinski definition) is 1. The monoisotopic (exact) mass is 524 g/mol. The van der Waals surface area contributed by atoms with Gasteiger partial charge < -0.3 is 9.73 Å². The van der Waals surface area contributed by atoms with Crippen LogP contribution in [-0.4, -0.2) is 26.4 Å². The first-order chi connectivity index (χ1) is 15.8. The van der Waals surface area contributed by atoms with Crippen LogP contribution in [0.15, 0.2) is 81.0 Å². The van der Waals surface area contributed by atoms with Crippen LogP contribution in [0.25, 0.3) is 11.4 Å². The van der Waals surface area contributed by atoms with Crippen LogP contribution >= 0.6 is 27.7 Å². The molecular formula is C25H25BrN4O2S. The van der Waals surface area contributed by atoms with Gasteiger partial charge in [0.2, 0.25) is 5.91 Å². The number of aromatic nitrogens is 3. The molecule has 8 heteroatoms. The summed E-state index contributed by atoms with van der Waals surface area (Å²) < 4.78 is 8.39. The number of halogens is 1. The van der Waals surface area contributed by atoms with Crippen LogP contribution in [0, 0.1) is 0 Å². The molecule has 0 spiro atoms. The van der Waals surface area contributed by atoms with Crippen LogP contribution in [0.3, 0.4) is 0 Å². The molecule has 0 radical (unpaired) electrons. The third kappa shape index (κ3) is 5.75. The van der Waals surface area contributed by atoms with Crippen LogP contribution in [0.1, 0.15) is 32.1 Å². The van der Waals surface area contributed by atoms with Gasteiger partial charge in [0.25, 0.3) is 0 Å². The molecule has 2 aromatic heterocycles. The van der Waals surface area contributed by atoms with E-state index in [4.69, 9.17) is 4.42 Å². The SMILES string of the molecule is CC(C)(C)c1ccc(-c2nnc(SCC(=O)Nc3ccccc3Br)n2Cc2ccco2)cc1. The Morgan fingerprint density at radius 3 is 2.48 bits per heavy atom. The molecule has 0 aliphatic heterocycles. The second kappa shape index (κ2) is 9.97. The van der Waals surface area contributed by atoms with Crippen molar-refractivity contribution in [2.45, 2.75) is 37.9 Å². The van der Waals surface area contributed by atoms with Gasteiger partial charge >= 0.3 is 0 Å². The Labute approximate surface area is 205 Å². The first-order valence-electron chi connectivity index (χ1n) is 10.5. The smallest absolute Gasteiger partial charge is 0.234 e. The fourth-order valence-corrected chi connectivity index (χ4v) is 4.43. The van der Waals surface area contributed by atoms with Crippen molar-refractivity contribution < 1.29 is 9.21 Å². The van der Waals surface area contributed by atoms with E-state index in [0.29, 0.717) is 11.7 Å². The number of hydrogen-bond acceptors (Lipinski definition) is 5. The summed E-state index contributed by atoms with van der Waals surface area (Å²) in [5.74, 6) is 1.62. The van der Waals surface area contributed by atoms with Gasteiger partial charge in [-0.15, -0.1) is 10.2 Å². The number of thioether (sulfide) groups is 1. The van der Waals surface area contributed by atoms with Gasteiger partial charge in [-0.05, 0) is 51.2 Å². The number of carbonyl (C=O) groups excluding carboxylic acids is 1. The number of amides is 1. The minimum absolute atomic E-state index is 0.0719. The number of rotatable bonds is 7. The fourth-order valence-electron chi connectivity index (χ4n) is 3.31. The lowest BCUT2D eigenvalue weighted by atomic mass is 9.87. The summed E-state index contributed by atoms with van der Waals surface area (Å²) in [6.07, 6.45) is 1.65. The maximum absolute atomic E-state index is 12.5. The highest BCUT2D eigenvalue weighted by Crippen LogP contribution is 2.29. The van der Waals surface area contributed by atoms with Gasteiger partial charge in [0.1, 0.15) is 5.76 Å². The van der Waals surface area contributed by atoms with E-state index in [1.807, 2.05) is 41.0 Å². The molecule has 1 N–H and O–H groups in total. The summed E-state index contributed by atoms with van der Waals surface area (Å²) in [5.41, 5.74) is 3.02. The number of nitrogens with zero attached hydrogens (tertiary/aromatic N) is 3. The summed E-state index contributed by atoms with van der Waals surface area (Å²) >= 11 is 4.80. The molecule has 0 fully saturated rings. The zero-order chi connectivity index (χ0) is 23.4. The Kier molecular flexibility index (Phi) is 7.05. The van der Waals surface area contributed by atoms with Crippen LogP contribution in [0.4, 0.5) is 5.69 Å². The maximum Gasteiger partial charge on any atom is 0.234 e. The number of furan rings is 1. The molecule has 6 nitrogen and oxygen atoms in total. The highest BCUT2D eigenvalue weighted by Gasteiger charge is 2.19. The van der Waals surface area contributed by atoms with E-state index in [9.17, 15) is 4.79 Å². The topological polar surface area (TPSA) is 73.0 Å². The molecule has 0 aliphatic rings. The number of nitrogens with one attached hydrogen (secondary N) is 1. The molecule has 0 saturated carbocycles. The van der Waals surface area contributed by atoms with Crippen molar-refractivity contribution in [3.05, 3.63) is 82.7 Å². The summed E-state index contributed by atoms with van der Waals surface area (Å²) in [5, 5.41) is 12.4. The highest BCUT2D eigenvalue weighted by molar-refractivity contribution is 9.10. The number of para-hydroxylation sites is 1. The molecule has 0 unspecified atom stereocenters. The Hall–Kier alpha value is -2.84. The van der Waals surface area contributed by atoms with Crippen molar-refractivity contribution in [3.63, 3.8) is 0 Å². The third-order valence-corrected chi connectivity index (χ3v) is 6.76. The van der Waals surface area contributed by atoms with Gasteiger partial charge in [-0.25, -0.2) is 0 Å². The van der Waals surface area contributed by atoms with Crippen molar-refractivity contribution in [2.75, 3.05) is 11.1 Å². The first kappa shape index (κ1) is 23.3. The third-order valence-electron chi connectivity index (χ3n) is 5.10. The lowest BCUT2D eigenvalue weighted by Gasteiger charge is -2.19. The van der Waals surface area contributed by atoms with Crippen molar-refractivity contribution in [2.24, 2.45) is 0 Å². The zero-order valence-electron chi connectivity index (χ0n) is 18.7. The molecule has 2 heterocycles. The van der Waals surface area contributed by atoms with E-state index in [1.165, 1.54) is 17.3 Å². The van der Waals surface area contributed by atoms with Crippen LogP contribution < -0.4 is 5.32 Å². The highest BCUT2D eigenvalue weighted by atomic mass is 79.9. The van der Waals surface area contributed by atoms with Crippen LogP contribution in [-0.2, 0) is 16.8 Å². The second-order valence-electron chi connectivity index (χ2n) is 8.62. The number of benzene rings is 2. The van der Waals surface area contributed by atoms with Crippen molar-refractivity contribution in [1.29, 1.82) is 0 Å². The van der Waals surface area contributed by atoms with Gasteiger partial charge in [-0.1, -0.05) is 68.9 Å². The van der Waals surface area contributed by atoms with Gasteiger partial charge in [-0.3, -0.25) is 9.36 Å². The standard InChI is InChI=1S/C25H25BrN4O2S/c1-25(2,3)18-12-10-17(11-13-18)23-28-29-24(30(23)15-19-7-6-14-32-19)33-16-22(31)27-21-9-5-4-8-20(21)26/h4-14H,15-16H2,1-3H3,(H,27,31). The summed E-state index contributed by atoms with van der Waals surface area (Å²) in [6.45, 7) is 7.05. The summed E-state index contributed by atoms with van der Waals surface area (Å²) in [7, 11) is 0. The van der Waals surface area contributed by atoms with Crippen LogP contribution in [0.5, 0.6) is 0 Å². The molecule has 170 valence electrons. The van der Waals surface area contributed by atoms with Gasteiger partial charge in [-0.2, -0.15) is 0 Å².